The normalized spacial score (nSPS) is 12.2. The van der Waals surface area contributed by atoms with Gasteiger partial charge in [-0.3, -0.25) is 14.3 Å². The van der Waals surface area contributed by atoms with E-state index in [1.807, 2.05) is 48.5 Å². The first-order valence-electron chi connectivity index (χ1n) is 12.1. The van der Waals surface area contributed by atoms with Gasteiger partial charge in [0.05, 0.1) is 0 Å². The zero-order valence-corrected chi connectivity index (χ0v) is 22.6. The van der Waals surface area contributed by atoms with Crippen LogP contribution in [0.3, 0.4) is 0 Å². The standard InChI is InChI=1S/C30H30ClN3O2S/c1-30(2,3)34-37-27-14-8-11-23-24(27)12-7-13-25(23)32-29(36)26(19-20-15-17-22(31)18-16-20)33-28(35)21-9-5-4-6-10-21/h4-18,26,34H,19H2,1-3H3,(H,32,36)(H,33,35)/t26-/m0/s1. The van der Waals surface area contributed by atoms with Crippen LogP contribution in [-0.4, -0.2) is 23.4 Å². The van der Waals surface area contributed by atoms with Crippen LogP contribution in [0.1, 0.15) is 36.7 Å². The lowest BCUT2D eigenvalue weighted by atomic mass is 10.0. The first-order chi connectivity index (χ1) is 17.7. The quantitative estimate of drug-likeness (QED) is 0.217. The van der Waals surface area contributed by atoms with Crippen LogP contribution in [0.15, 0.2) is 95.9 Å². The topological polar surface area (TPSA) is 70.2 Å². The summed E-state index contributed by atoms with van der Waals surface area (Å²) in [5.74, 6) is -0.600. The highest BCUT2D eigenvalue weighted by atomic mass is 35.5. The Hall–Kier alpha value is -3.32. The fourth-order valence-electron chi connectivity index (χ4n) is 3.80. The van der Waals surface area contributed by atoms with Crippen molar-refractivity contribution in [3.63, 3.8) is 0 Å². The highest BCUT2D eigenvalue weighted by molar-refractivity contribution is 7.97. The second-order valence-corrected chi connectivity index (χ2v) is 11.1. The molecule has 4 rings (SSSR count). The van der Waals surface area contributed by atoms with E-state index in [4.69, 9.17) is 11.6 Å². The van der Waals surface area contributed by atoms with E-state index in [0.717, 1.165) is 21.2 Å². The van der Waals surface area contributed by atoms with Gasteiger partial charge in [-0.25, -0.2) is 0 Å². The van der Waals surface area contributed by atoms with Crippen molar-refractivity contribution in [2.75, 3.05) is 5.32 Å². The van der Waals surface area contributed by atoms with Crippen LogP contribution in [0.2, 0.25) is 5.02 Å². The van der Waals surface area contributed by atoms with Gasteiger partial charge in [0, 0.05) is 38.5 Å². The van der Waals surface area contributed by atoms with Crippen molar-refractivity contribution >= 4 is 51.8 Å². The zero-order valence-electron chi connectivity index (χ0n) is 21.0. The number of amides is 2. The molecule has 0 radical (unpaired) electrons. The Bertz CT molecular complexity index is 1390. The molecule has 0 aliphatic carbocycles. The molecule has 3 N–H and O–H groups in total. The lowest BCUT2D eigenvalue weighted by molar-refractivity contribution is -0.118. The number of anilines is 1. The summed E-state index contributed by atoms with van der Waals surface area (Å²) in [5.41, 5.74) is 2.03. The molecule has 0 aliphatic heterocycles. The maximum Gasteiger partial charge on any atom is 0.251 e. The van der Waals surface area contributed by atoms with Crippen molar-refractivity contribution in [2.45, 2.75) is 43.7 Å². The van der Waals surface area contributed by atoms with Gasteiger partial charge in [-0.05, 0) is 80.1 Å². The van der Waals surface area contributed by atoms with E-state index in [-0.39, 0.29) is 17.4 Å². The highest BCUT2D eigenvalue weighted by Crippen LogP contribution is 2.32. The largest absolute Gasteiger partial charge is 0.340 e. The minimum Gasteiger partial charge on any atom is -0.340 e. The number of rotatable bonds is 8. The minimum atomic E-state index is -0.788. The van der Waals surface area contributed by atoms with Crippen LogP contribution in [-0.2, 0) is 11.2 Å². The van der Waals surface area contributed by atoms with Gasteiger partial charge in [-0.15, -0.1) is 0 Å². The van der Waals surface area contributed by atoms with E-state index in [2.05, 4.69) is 42.2 Å². The van der Waals surface area contributed by atoms with E-state index >= 15 is 0 Å². The Morgan fingerprint density at radius 3 is 2.22 bits per heavy atom. The number of benzene rings is 4. The van der Waals surface area contributed by atoms with Crippen LogP contribution in [0.25, 0.3) is 10.8 Å². The van der Waals surface area contributed by atoms with Crippen molar-refractivity contribution in [1.82, 2.24) is 10.0 Å². The number of hydrogen-bond acceptors (Lipinski definition) is 4. The van der Waals surface area contributed by atoms with Gasteiger partial charge in [-0.2, -0.15) is 0 Å². The van der Waals surface area contributed by atoms with Crippen LogP contribution in [0.4, 0.5) is 5.69 Å². The number of nitrogens with one attached hydrogen (secondary N) is 3. The molecule has 0 fully saturated rings. The minimum absolute atomic E-state index is 0.0511. The van der Waals surface area contributed by atoms with Crippen molar-refractivity contribution in [2.24, 2.45) is 0 Å². The highest BCUT2D eigenvalue weighted by Gasteiger charge is 2.23. The molecule has 0 spiro atoms. The second-order valence-electron chi connectivity index (χ2n) is 9.82. The molecule has 4 aromatic carbocycles. The molecule has 4 aromatic rings. The predicted octanol–water partition coefficient (Wildman–Crippen LogP) is 6.87. The van der Waals surface area contributed by atoms with Crippen molar-refractivity contribution in [3.8, 4) is 0 Å². The van der Waals surface area contributed by atoms with Crippen LogP contribution < -0.4 is 15.4 Å². The molecular formula is C30H30ClN3O2S. The first kappa shape index (κ1) is 26.7. The number of carbonyl (C=O) groups excluding carboxylic acids is 2. The third-order valence-corrected chi connectivity index (χ3v) is 7.16. The van der Waals surface area contributed by atoms with Crippen molar-refractivity contribution in [1.29, 1.82) is 0 Å². The van der Waals surface area contributed by atoms with E-state index in [1.54, 1.807) is 48.3 Å². The summed E-state index contributed by atoms with van der Waals surface area (Å²) in [7, 11) is 0. The molecule has 2 amide bonds. The van der Waals surface area contributed by atoms with Crippen LogP contribution >= 0.6 is 23.5 Å². The summed E-state index contributed by atoms with van der Waals surface area (Å²) in [6.45, 7) is 6.34. The molecule has 1 atom stereocenters. The van der Waals surface area contributed by atoms with Crippen LogP contribution in [0.5, 0.6) is 0 Å². The molecule has 0 saturated carbocycles. The van der Waals surface area contributed by atoms with Gasteiger partial charge in [0.2, 0.25) is 5.91 Å². The predicted molar refractivity (Wildman–Crippen MR) is 154 cm³/mol. The molecule has 5 nitrogen and oxygen atoms in total. The molecular weight excluding hydrogens is 502 g/mol. The van der Waals surface area contributed by atoms with E-state index in [0.29, 0.717) is 22.7 Å². The van der Waals surface area contributed by atoms with Gasteiger partial charge >= 0.3 is 0 Å². The first-order valence-corrected chi connectivity index (χ1v) is 13.3. The lowest BCUT2D eigenvalue weighted by Gasteiger charge is -2.21. The average molecular weight is 532 g/mol. The Morgan fingerprint density at radius 2 is 1.51 bits per heavy atom. The summed E-state index contributed by atoms with van der Waals surface area (Å²) < 4.78 is 3.45. The fraction of sp³-hybridized carbons (Fsp3) is 0.200. The summed E-state index contributed by atoms with van der Waals surface area (Å²) in [5, 5.41) is 8.55. The molecule has 0 aliphatic rings. The third-order valence-electron chi connectivity index (χ3n) is 5.62. The summed E-state index contributed by atoms with van der Waals surface area (Å²) in [4.78, 5) is 27.6. The Balaban J connectivity index is 1.60. The SMILES string of the molecule is CC(C)(C)NSc1cccc2c(NC(=O)[C@H](Cc3ccc(Cl)cc3)NC(=O)c3ccccc3)cccc12. The van der Waals surface area contributed by atoms with Gasteiger partial charge in [0.1, 0.15) is 6.04 Å². The number of fused-ring (bicyclic) bond motifs is 1. The Morgan fingerprint density at radius 1 is 0.838 bits per heavy atom. The number of hydrogen-bond donors (Lipinski definition) is 3. The third kappa shape index (κ3) is 7.35. The van der Waals surface area contributed by atoms with Crippen LogP contribution in [0, 0.1) is 0 Å². The van der Waals surface area contributed by atoms with E-state index in [9.17, 15) is 9.59 Å². The molecule has 0 bridgehead atoms. The van der Waals surface area contributed by atoms with Gasteiger partial charge in [0.25, 0.3) is 5.91 Å². The summed E-state index contributed by atoms with van der Waals surface area (Å²) in [6.07, 6.45) is 0.322. The number of carbonyl (C=O) groups is 2. The lowest BCUT2D eigenvalue weighted by Crippen LogP contribution is -2.45. The van der Waals surface area contributed by atoms with Crippen molar-refractivity contribution < 1.29 is 9.59 Å². The van der Waals surface area contributed by atoms with Gasteiger partial charge in [-0.1, -0.05) is 66.2 Å². The van der Waals surface area contributed by atoms with Crippen molar-refractivity contribution in [3.05, 3.63) is 107 Å². The Kier molecular flexibility index (Phi) is 8.54. The maximum atomic E-state index is 13.6. The Labute approximate surface area is 227 Å². The molecule has 0 aromatic heterocycles. The zero-order chi connectivity index (χ0) is 26.4. The molecule has 37 heavy (non-hydrogen) atoms. The monoisotopic (exact) mass is 531 g/mol. The van der Waals surface area contributed by atoms with Gasteiger partial charge in [0.15, 0.2) is 0 Å². The summed E-state index contributed by atoms with van der Waals surface area (Å²) >= 11 is 7.61. The van der Waals surface area contributed by atoms with E-state index in [1.165, 1.54) is 0 Å². The maximum absolute atomic E-state index is 13.6. The molecule has 190 valence electrons. The molecule has 0 heterocycles. The van der Waals surface area contributed by atoms with E-state index < -0.39 is 6.04 Å². The fourth-order valence-corrected chi connectivity index (χ4v) is 4.78. The molecule has 0 saturated heterocycles. The molecule has 7 heteroatoms. The molecule has 0 unspecified atom stereocenters. The summed E-state index contributed by atoms with van der Waals surface area (Å²) in [6, 6.07) is 27.2. The smallest absolute Gasteiger partial charge is 0.251 e. The van der Waals surface area contributed by atoms with Gasteiger partial charge < -0.3 is 10.6 Å². The second kappa shape index (κ2) is 11.8. The number of halogens is 1. The average Bonchev–Trinajstić information content (AvgIpc) is 2.88.